The highest BCUT2D eigenvalue weighted by Crippen LogP contribution is 2.31. The van der Waals surface area contributed by atoms with Gasteiger partial charge in [-0.1, -0.05) is 33.6 Å². The second kappa shape index (κ2) is 9.72. The summed E-state index contributed by atoms with van der Waals surface area (Å²) in [4.78, 5) is 12.7. The number of aryl methyl sites for hydroxylation is 1. The minimum atomic E-state index is -4.13. The van der Waals surface area contributed by atoms with Gasteiger partial charge in [-0.05, 0) is 73.2 Å². The fourth-order valence-corrected chi connectivity index (χ4v) is 4.95. The quantitative estimate of drug-likeness (QED) is 0.459. The summed E-state index contributed by atoms with van der Waals surface area (Å²) >= 11 is 9.31. The molecule has 0 spiro atoms. The average Bonchev–Trinajstić information content (AvgIpc) is 2.74. The van der Waals surface area contributed by atoms with E-state index in [1.807, 2.05) is 0 Å². The van der Waals surface area contributed by atoms with Crippen molar-refractivity contribution in [3.05, 3.63) is 81.8 Å². The number of carbonyl (C=O) groups excluding carboxylic acids is 1. The Hall–Kier alpha value is -2.55. The van der Waals surface area contributed by atoms with Crippen LogP contribution in [0.25, 0.3) is 0 Å². The summed E-state index contributed by atoms with van der Waals surface area (Å²) in [5.41, 5.74) is 1.60. The average molecular weight is 524 g/mol. The van der Waals surface area contributed by atoms with E-state index in [9.17, 15) is 13.2 Å². The lowest BCUT2D eigenvalue weighted by Gasteiger charge is -2.25. The molecule has 0 saturated carbocycles. The number of amides is 1. The van der Waals surface area contributed by atoms with Crippen LogP contribution in [-0.2, 0) is 14.8 Å². The van der Waals surface area contributed by atoms with E-state index in [2.05, 4.69) is 21.2 Å². The van der Waals surface area contributed by atoms with Crippen LogP contribution in [-0.4, -0.2) is 28.0 Å². The first kappa shape index (κ1) is 23.1. The normalized spacial score (nSPS) is 11.1. The molecule has 1 amide bonds. The second-order valence-electron chi connectivity index (χ2n) is 6.70. The summed E-state index contributed by atoms with van der Waals surface area (Å²) in [7, 11) is -2.73. The van der Waals surface area contributed by atoms with E-state index in [4.69, 9.17) is 16.3 Å². The summed E-state index contributed by atoms with van der Waals surface area (Å²) in [6.07, 6.45) is 0. The molecule has 0 aliphatic carbocycles. The number of sulfonamides is 1. The van der Waals surface area contributed by atoms with E-state index in [1.165, 1.54) is 13.2 Å². The topological polar surface area (TPSA) is 75.7 Å². The van der Waals surface area contributed by atoms with Crippen LogP contribution in [0.3, 0.4) is 0 Å². The van der Waals surface area contributed by atoms with Crippen LogP contribution in [0.15, 0.2) is 76.1 Å². The van der Waals surface area contributed by atoms with Gasteiger partial charge in [0.15, 0.2) is 0 Å². The molecule has 0 fully saturated rings. The fraction of sp³-hybridized carbons (Fsp3) is 0.136. The number of nitrogens with zero attached hydrogens (tertiary/aromatic N) is 1. The van der Waals surface area contributed by atoms with Gasteiger partial charge in [0.2, 0.25) is 5.91 Å². The Kier molecular flexibility index (Phi) is 7.25. The Morgan fingerprint density at radius 2 is 1.71 bits per heavy atom. The van der Waals surface area contributed by atoms with Crippen molar-refractivity contribution in [2.75, 3.05) is 23.3 Å². The molecular formula is C22H20BrClN2O4S. The summed E-state index contributed by atoms with van der Waals surface area (Å²) in [5, 5.41) is 3.17. The maximum absolute atomic E-state index is 13.6. The molecule has 9 heteroatoms. The largest absolute Gasteiger partial charge is 0.495 e. The molecular weight excluding hydrogens is 504 g/mol. The van der Waals surface area contributed by atoms with Crippen LogP contribution in [0.5, 0.6) is 5.75 Å². The number of carbonyl (C=O) groups is 1. The third-order valence-corrected chi connectivity index (χ3v) is 6.99. The predicted octanol–water partition coefficient (Wildman–Crippen LogP) is 5.25. The molecule has 0 heterocycles. The molecule has 3 aromatic rings. The molecule has 0 saturated heterocycles. The van der Waals surface area contributed by atoms with Crippen LogP contribution in [0.4, 0.5) is 11.4 Å². The Morgan fingerprint density at radius 1 is 1.06 bits per heavy atom. The number of benzene rings is 3. The van der Waals surface area contributed by atoms with E-state index in [-0.39, 0.29) is 10.6 Å². The Bertz CT molecular complexity index is 1180. The van der Waals surface area contributed by atoms with Gasteiger partial charge >= 0.3 is 0 Å². The lowest BCUT2D eigenvalue weighted by molar-refractivity contribution is -0.114. The molecule has 0 aromatic heterocycles. The number of ether oxygens (including phenoxy) is 1. The smallest absolute Gasteiger partial charge is 0.268 e. The van der Waals surface area contributed by atoms with Crippen LogP contribution in [0.2, 0.25) is 5.02 Å². The molecule has 1 N–H and O–H groups in total. The summed E-state index contributed by atoms with van der Waals surface area (Å²) in [5.74, 6) is -0.301. The van der Waals surface area contributed by atoms with E-state index < -0.39 is 22.5 Å². The molecule has 0 bridgehead atoms. The SMILES string of the molecule is COc1ccc(C)cc1S(=O)(=O)N(CC(=O)Nc1ccc(Br)cc1)c1ccc(Cl)cc1. The highest BCUT2D eigenvalue weighted by molar-refractivity contribution is 9.10. The predicted molar refractivity (Wildman–Crippen MR) is 126 cm³/mol. The maximum atomic E-state index is 13.6. The van der Waals surface area contributed by atoms with E-state index in [0.717, 1.165) is 14.3 Å². The van der Waals surface area contributed by atoms with Crippen LogP contribution in [0, 0.1) is 6.92 Å². The van der Waals surface area contributed by atoms with Gasteiger partial charge in [-0.25, -0.2) is 8.42 Å². The summed E-state index contributed by atoms with van der Waals surface area (Å²) in [6, 6.07) is 18.1. The molecule has 3 aromatic carbocycles. The number of halogens is 2. The van der Waals surface area contributed by atoms with Gasteiger partial charge in [-0.3, -0.25) is 9.10 Å². The molecule has 6 nitrogen and oxygen atoms in total. The van der Waals surface area contributed by atoms with Crippen LogP contribution < -0.4 is 14.4 Å². The summed E-state index contributed by atoms with van der Waals surface area (Å²) in [6.45, 7) is 1.35. The van der Waals surface area contributed by atoms with Crippen molar-refractivity contribution < 1.29 is 17.9 Å². The molecule has 0 unspecified atom stereocenters. The zero-order chi connectivity index (χ0) is 22.6. The number of methoxy groups -OCH3 is 1. The Labute approximate surface area is 195 Å². The van der Waals surface area contributed by atoms with Crippen molar-refractivity contribution in [1.29, 1.82) is 0 Å². The highest BCUT2D eigenvalue weighted by Gasteiger charge is 2.30. The van der Waals surface area contributed by atoms with Gasteiger partial charge in [0, 0.05) is 15.2 Å². The zero-order valence-electron chi connectivity index (χ0n) is 16.8. The molecule has 162 valence electrons. The zero-order valence-corrected chi connectivity index (χ0v) is 20.0. The Morgan fingerprint density at radius 3 is 2.32 bits per heavy atom. The number of hydrogen-bond acceptors (Lipinski definition) is 4. The van der Waals surface area contributed by atoms with Crippen LogP contribution in [0.1, 0.15) is 5.56 Å². The first-order valence-electron chi connectivity index (χ1n) is 9.19. The van der Waals surface area contributed by atoms with Gasteiger partial charge in [0.05, 0.1) is 12.8 Å². The lowest BCUT2D eigenvalue weighted by atomic mass is 10.2. The van der Waals surface area contributed by atoms with Crippen molar-refractivity contribution in [2.24, 2.45) is 0 Å². The molecule has 31 heavy (non-hydrogen) atoms. The summed E-state index contributed by atoms with van der Waals surface area (Å²) < 4.78 is 34.4. The van der Waals surface area contributed by atoms with Crippen molar-refractivity contribution in [3.8, 4) is 5.75 Å². The van der Waals surface area contributed by atoms with Crippen molar-refractivity contribution >= 4 is 54.8 Å². The van der Waals surface area contributed by atoms with Gasteiger partial charge in [0.25, 0.3) is 10.0 Å². The first-order valence-corrected chi connectivity index (χ1v) is 11.8. The molecule has 0 radical (unpaired) electrons. The number of nitrogens with one attached hydrogen (secondary N) is 1. The van der Waals surface area contributed by atoms with Gasteiger partial charge in [-0.15, -0.1) is 0 Å². The monoisotopic (exact) mass is 522 g/mol. The highest BCUT2D eigenvalue weighted by atomic mass is 79.9. The third-order valence-electron chi connectivity index (χ3n) is 4.42. The van der Waals surface area contributed by atoms with Crippen molar-refractivity contribution in [1.82, 2.24) is 0 Å². The van der Waals surface area contributed by atoms with Crippen molar-refractivity contribution in [3.63, 3.8) is 0 Å². The fourth-order valence-electron chi connectivity index (χ4n) is 2.89. The van der Waals surface area contributed by atoms with E-state index in [0.29, 0.717) is 16.4 Å². The first-order chi connectivity index (χ1) is 14.7. The lowest BCUT2D eigenvalue weighted by Crippen LogP contribution is -2.38. The number of hydrogen-bond donors (Lipinski definition) is 1. The standard InChI is InChI=1S/C22H20BrClN2O4S/c1-15-3-12-20(30-2)21(13-15)31(28,29)26(19-10-6-17(24)7-11-19)14-22(27)25-18-8-4-16(23)5-9-18/h3-13H,14H2,1-2H3,(H,25,27). The maximum Gasteiger partial charge on any atom is 0.268 e. The minimum absolute atomic E-state index is 0.0265. The number of rotatable bonds is 7. The van der Waals surface area contributed by atoms with Gasteiger partial charge in [0.1, 0.15) is 17.2 Å². The van der Waals surface area contributed by atoms with Gasteiger partial charge in [-0.2, -0.15) is 0 Å². The second-order valence-corrected chi connectivity index (χ2v) is 9.88. The van der Waals surface area contributed by atoms with Crippen molar-refractivity contribution in [2.45, 2.75) is 11.8 Å². The van der Waals surface area contributed by atoms with E-state index >= 15 is 0 Å². The minimum Gasteiger partial charge on any atom is -0.495 e. The van der Waals surface area contributed by atoms with E-state index in [1.54, 1.807) is 67.6 Å². The molecule has 3 rings (SSSR count). The molecule has 0 aliphatic rings. The number of anilines is 2. The molecule has 0 aliphatic heterocycles. The Balaban J connectivity index is 2.00. The van der Waals surface area contributed by atoms with Gasteiger partial charge < -0.3 is 10.1 Å². The third kappa shape index (κ3) is 5.58. The van der Waals surface area contributed by atoms with Crippen LogP contribution >= 0.6 is 27.5 Å². The molecule has 0 atom stereocenters.